The first-order chi connectivity index (χ1) is 11.8. The summed E-state index contributed by atoms with van der Waals surface area (Å²) in [5.74, 6) is 1.96. The van der Waals surface area contributed by atoms with E-state index < -0.39 is 0 Å². The molecule has 24 heavy (non-hydrogen) atoms. The number of imidazole rings is 1. The Morgan fingerprint density at radius 2 is 1.67 bits per heavy atom. The first-order valence-corrected chi connectivity index (χ1v) is 8.96. The van der Waals surface area contributed by atoms with Crippen molar-refractivity contribution in [3.05, 3.63) is 54.2 Å². The Hall–Kier alpha value is -2.24. The Labute approximate surface area is 145 Å². The lowest BCUT2D eigenvalue weighted by molar-refractivity contribution is 0.415. The SMILES string of the molecule is COc1ccc(-c2ccc(-c3nc4n(c3CN)CCS4)cc2)cc1. The minimum atomic E-state index is 0.517. The van der Waals surface area contributed by atoms with Gasteiger partial charge in [0.25, 0.3) is 0 Å². The maximum Gasteiger partial charge on any atom is 0.168 e. The summed E-state index contributed by atoms with van der Waals surface area (Å²) < 4.78 is 7.46. The number of thioether (sulfide) groups is 1. The molecule has 0 aliphatic carbocycles. The summed E-state index contributed by atoms with van der Waals surface area (Å²) in [6.45, 7) is 1.52. The summed E-state index contributed by atoms with van der Waals surface area (Å²) in [7, 11) is 1.68. The molecule has 2 heterocycles. The van der Waals surface area contributed by atoms with E-state index in [-0.39, 0.29) is 0 Å². The summed E-state index contributed by atoms with van der Waals surface area (Å²) in [6, 6.07) is 16.6. The molecule has 0 atom stereocenters. The molecule has 1 aliphatic heterocycles. The van der Waals surface area contributed by atoms with Gasteiger partial charge in [-0.25, -0.2) is 4.98 Å². The van der Waals surface area contributed by atoms with Crippen molar-refractivity contribution in [1.29, 1.82) is 0 Å². The highest BCUT2D eigenvalue weighted by Gasteiger charge is 2.21. The number of nitrogens with zero attached hydrogens (tertiary/aromatic N) is 2. The first kappa shape index (κ1) is 15.3. The topological polar surface area (TPSA) is 53.1 Å². The second kappa shape index (κ2) is 6.34. The van der Waals surface area contributed by atoms with Gasteiger partial charge in [0.1, 0.15) is 5.75 Å². The third-order valence-corrected chi connectivity index (χ3v) is 5.32. The highest BCUT2D eigenvalue weighted by molar-refractivity contribution is 7.99. The molecule has 4 rings (SSSR count). The monoisotopic (exact) mass is 337 g/mol. The highest BCUT2D eigenvalue weighted by atomic mass is 32.2. The molecule has 122 valence electrons. The maximum atomic E-state index is 5.97. The number of benzene rings is 2. The number of hydrogen-bond acceptors (Lipinski definition) is 4. The lowest BCUT2D eigenvalue weighted by Crippen LogP contribution is -2.07. The van der Waals surface area contributed by atoms with Crippen molar-refractivity contribution in [3.63, 3.8) is 0 Å². The molecule has 0 amide bonds. The van der Waals surface area contributed by atoms with Crippen molar-refractivity contribution in [2.24, 2.45) is 5.73 Å². The number of nitrogens with two attached hydrogens (primary N) is 1. The number of hydrogen-bond donors (Lipinski definition) is 1. The largest absolute Gasteiger partial charge is 0.497 e. The minimum Gasteiger partial charge on any atom is -0.497 e. The highest BCUT2D eigenvalue weighted by Crippen LogP contribution is 2.33. The molecule has 0 saturated carbocycles. The second-order valence-corrected chi connectivity index (χ2v) is 6.76. The van der Waals surface area contributed by atoms with Crippen LogP contribution < -0.4 is 10.5 Å². The fourth-order valence-corrected chi connectivity index (χ4v) is 4.04. The smallest absolute Gasteiger partial charge is 0.168 e. The van der Waals surface area contributed by atoms with Gasteiger partial charge in [0.2, 0.25) is 0 Å². The molecule has 0 saturated heterocycles. The normalized spacial score (nSPS) is 13.1. The van der Waals surface area contributed by atoms with E-state index in [2.05, 4.69) is 41.0 Å². The Bertz CT molecular complexity index is 854. The van der Waals surface area contributed by atoms with Gasteiger partial charge in [0.15, 0.2) is 5.16 Å². The van der Waals surface area contributed by atoms with Crippen LogP contribution in [0.4, 0.5) is 0 Å². The quantitative estimate of drug-likeness (QED) is 0.787. The molecule has 5 heteroatoms. The van der Waals surface area contributed by atoms with Gasteiger partial charge in [-0.1, -0.05) is 48.2 Å². The molecule has 1 aliphatic rings. The fourth-order valence-electron chi connectivity index (χ4n) is 3.07. The van der Waals surface area contributed by atoms with Crippen molar-refractivity contribution in [2.45, 2.75) is 18.2 Å². The van der Waals surface area contributed by atoms with E-state index in [4.69, 9.17) is 15.5 Å². The standard InChI is InChI=1S/C19H19N3OS/c1-23-16-8-6-14(7-9-16)13-2-4-15(5-3-13)18-17(12-20)22-10-11-24-19(22)21-18/h2-9H,10-12,20H2,1H3. The van der Waals surface area contributed by atoms with Gasteiger partial charge in [-0.05, 0) is 23.3 Å². The van der Waals surface area contributed by atoms with E-state index in [1.807, 2.05) is 12.1 Å². The zero-order valence-corrected chi connectivity index (χ0v) is 14.3. The zero-order valence-electron chi connectivity index (χ0n) is 13.5. The summed E-state index contributed by atoms with van der Waals surface area (Å²) >= 11 is 1.80. The molecule has 0 bridgehead atoms. The second-order valence-electron chi connectivity index (χ2n) is 5.70. The Kier molecular flexibility index (Phi) is 4.04. The number of fused-ring (bicyclic) bond motifs is 1. The van der Waals surface area contributed by atoms with Crippen LogP contribution in [-0.4, -0.2) is 22.4 Å². The van der Waals surface area contributed by atoms with Gasteiger partial charge < -0.3 is 15.0 Å². The lowest BCUT2D eigenvalue weighted by Gasteiger charge is -2.07. The van der Waals surface area contributed by atoms with E-state index in [1.54, 1.807) is 18.9 Å². The van der Waals surface area contributed by atoms with Crippen LogP contribution in [0.1, 0.15) is 5.69 Å². The van der Waals surface area contributed by atoms with Crippen molar-refractivity contribution < 1.29 is 4.74 Å². The third kappa shape index (κ3) is 2.60. The molecule has 4 nitrogen and oxygen atoms in total. The summed E-state index contributed by atoms with van der Waals surface area (Å²) in [4.78, 5) is 4.79. The van der Waals surface area contributed by atoms with Crippen molar-refractivity contribution >= 4 is 11.8 Å². The van der Waals surface area contributed by atoms with Crippen molar-refractivity contribution in [1.82, 2.24) is 9.55 Å². The van der Waals surface area contributed by atoms with Crippen molar-refractivity contribution in [3.8, 4) is 28.1 Å². The molecular weight excluding hydrogens is 318 g/mol. The molecular formula is C19H19N3OS. The summed E-state index contributed by atoms with van der Waals surface area (Å²) in [5, 5.41) is 1.09. The van der Waals surface area contributed by atoms with E-state index >= 15 is 0 Å². The Balaban J connectivity index is 1.66. The van der Waals surface area contributed by atoms with Gasteiger partial charge in [-0.2, -0.15) is 0 Å². The zero-order chi connectivity index (χ0) is 16.5. The summed E-state index contributed by atoms with van der Waals surface area (Å²) in [5.41, 5.74) is 11.6. The molecule has 2 aromatic carbocycles. The van der Waals surface area contributed by atoms with E-state index in [1.165, 1.54) is 11.1 Å². The number of ether oxygens (including phenoxy) is 1. The van der Waals surface area contributed by atoms with Crippen LogP contribution in [0.25, 0.3) is 22.4 Å². The average Bonchev–Trinajstić information content (AvgIpc) is 3.23. The number of methoxy groups -OCH3 is 1. The minimum absolute atomic E-state index is 0.517. The third-order valence-electron chi connectivity index (χ3n) is 4.36. The van der Waals surface area contributed by atoms with Gasteiger partial charge in [-0.3, -0.25) is 0 Å². The van der Waals surface area contributed by atoms with Crippen molar-refractivity contribution in [2.75, 3.05) is 12.9 Å². The first-order valence-electron chi connectivity index (χ1n) is 7.97. The summed E-state index contributed by atoms with van der Waals surface area (Å²) in [6.07, 6.45) is 0. The van der Waals surface area contributed by atoms with Crippen LogP contribution in [0.3, 0.4) is 0 Å². The van der Waals surface area contributed by atoms with Gasteiger partial charge >= 0.3 is 0 Å². The van der Waals surface area contributed by atoms with Crippen LogP contribution in [0.15, 0.2) is 53.7 Å². The molecule has 0 fully saturated rings. The van der Waals surface area contributed by atoms with Crippen LogP contribution >= 0.6 is 11.8 Å². The number of aromatic nitrogens is 2. The van der Waals surface area contributed by atoms with Gasteiger partial charge in [-0.15, -0.1) is 0 Å². The Morgan fingerprint density at radius 3 is 2.29 bits per heavy atom. The Morgan fingerprint density at radius 1 is 1.04 bits per heavy atom. The van der Waals surface area contributed by atoms with Gasteiger partial charge in [0.05, 0.1) is 18.5 Å². The predicted octanol–water partition coefficient (Wildman–Crippen LogP) is 3.79. The molecule has 1 aromatic heterocycles. The van der Waals surface area contributed by atoms with Crippen LogP contribution in [-0.2, 0) is 13.1 Å². The average molecular weight is 337 g/mol. The van der Waals surface area contributed by atoms with Crippen LogP contribution in [0, 0.1) is 0 Å². The van der Waals surface area contributed by atoms with E-state index in [0.29, 0.717) is 6.54 Å². The number of rotatable bonds is 4. The lowest BCUT2D eigenvalue weighted by atomic mass is 10.0. The molecule has 0 unspecified atom stereocenters. The molecule has 2 N–H and O–H groups in total. The fraction of sp³-hybridized carbons (Fsp3) is 0.211. The molecule has 0 spiro atoms. The van der Waals surface area contributed by atoms with Crippen LogP contribution in [0.5, 0.6) is 5.75 Å². The molecule has 0 radical (unpaired) electrons. The van der Waals surface area contributed by atoms with E-state index in [0.717, 1.165) is 40.2 Å². The maximum absolute atomic E-state index is 5.97. The van der Waals surface area contributed by atoms with Crippen LogP contribution in [0.2, 0.25) is 0 Å². The van der Waals surface area contributed by atoms with E-state index in [9.17, 15) is 0 Å². The predicted molar refractivity (Wildman–Crippen MR) is 98.3 cm³/mol. The molecule has 3 aromatic rings. The van der Waals surface area contributed by atoms with Gasteiger partial charge in [0, 0.05) is 24.4 Å².